The number of nitrogens with zero attached hydrogens (tertiary/aromatic N) is 3. The number of nitro groups is 1. The van der Waals surface area contributed by atoms with Crippen molar-refractivity contribution in [1.29, 1.82) is 0 Å². The van der Waals surface area contributed by atoms with E-state index in [4.69, 9.17) is 4.74 Å². The van der Waals surface area contributed by atoms with Crippen molar-refractivity contribution in [2.24, 2.45) is 0 Å². The van der Waals surface area contributed by atoms with Gasteiger partial charge in [-0.15, -0.1) is 0 Å². The second-order valence-corrected chi connectivity index (χ2v) is 5.36. The molecule has 0 aliphatic rings. The van der Waals surface area contributed by atoms with Crippen LogP contribution in [-0.4, -0.2) is 21.1 Å². The molecule has 0 saturated heterocycles. The largest absolute Gasteiger partial charge is 0.494 e. The lowest BCUT2D eigenvalue weighted by Crippen LogP contribution is -2.21. The Morgan fingerprint density at radius 1 is 1.20 bits per heavy atom. The summed E-state index contributed by atoms with van der Waals surface area (Å²) in [5.41, 5.74) is -0.0753. The van der Waals surface area contributed by atoms with E-state index < -0.39 is 4.92 Å². The fourth-order valence-corrected chi connectivity index (χ4v) is 2.38. The molecule has 0 unspecified atom stereocenters. The Morgan fingerprint density at radius 3 is 2.68 bits per heavy atom. The number of aromatic nitrogens is 2. The first-order valence-electron chi connectivity index (χ1n) is 7.56. The third-order valence-corrected chi connectivity index (χ3v) is 3.64. The molecule has 8 heteroatoms. The van der Waals surface area contributed by atoms with E-state index in [1.165, 1.54) is 53.4 Å². The van der Waals surface area contributed by atoms with Gasteiger partial charge in [0.1, 0.15) is 11.6 Å². The minimum Gasteiger partial charge on any atom is -0.494 e. The first kappa shape index (κ1) is 16.6. The molecule has 0 N–H and O–H groups in total. The Kier molecular flexibility index (Phi) is 4.69. The lowest BCUT2D eigenvalue weighted by molar-refractivity contribution is -0.384. The van der Waals surface area contributed by atoms with Crippen LogP contribution in [-0.2, 0) is 6.54 Å². The van der Waals surface area contributed by atoms with Crippen molar-refractivity contribution in [1.82, 2.24) is 9.55 Å². The number of non-ortho nitro benzene ring substituents is 1. The first-order chi connectivity index (χ1) is 12.0. The van der Waals surface area contributed by atoms with E-state index in [1.54, 1.807) is 0 Å². The van der Waals surface area contributed by atoms with Gasteiger partial charge < -0.3 is 4.74 Å². The average molecular weight is 343 g/mol. The molecule has 0 saturated carbocycles. The third kappa shape index (κ3) is 3.79. The molecule has 0 spiro atoms. The monoisotopic (exact) mass is 343 g/mol. The van der Waals surface area contributed by atoms with Crippen LogP contribution in [0.25, 0.3) is 10.9 Å². The molecule has 128 valence electrons. The van der Waals surface area contributed by atoms with Gasteiger partial charge in [0.15, 0.2) is 0 Å². The topological polar surface area (TPSA) is 87.3 Å². The van der Waals surface area contributed by atoms with Crippen molar-refractivity contribution in [3.8, 4) is 5.75 Å². The number of ether oxygens (including phenoxy) is 1. The molecule has 0 radical (unpaired) electrons. The molecule has 0 amide bonds. The Labute approximate surface area is 141 Å². The smallest absolute Gasteiger partial charge is 0.270 e. The maximum absolute atomic E-state index is 12.8. The van der Waals surface area contributed by atoms with Gasteiger partial charge in [-0.25, -0.2) is 9.37 Å². The Bertz CT molecular complexity index is 970. The zero-order valence-corrected chi connectivity index (χ0v) is 13.1. The lowest BCUT2D eigenvalue weighted by atomic mass is 10.2. The van der Waals surface area contributed by atoms with E-state index in [9.17, 15) is 19.3 Å². The van der Waals surface area contributed by atoms with Crippen LogP contribution in [0.4, 0.5) is 10.1 Å². The maximum atomic E-state index is 12.8. The average Bonchev–Trinajstić information content (AvgIpc) is 2.61. The van der Waals surface area contributed by atoms with Gasteiger partial charge >= 0.3 is 0 Å². The van der Waals surface area contributed by atoms with Gasteiger partial charge in [-0.05, 0) is 36.8 Å². The van der Waals surface area contributed by atoms with Crippen LogP contribution in [0.15, 0.2) is 53.6 Å². The molecule has 0 aliphatic heterocycles. The SMILES string of the molecule is O=c1c2cc([N+](=O)[O-])ccc2ncn1CCCOc1ccc(F)cc1. The fraction of sp³-hybridized carbons (Fsp3) is 0.176. The van der Waals surface area contributed by atoms with E-state index in [0.717, 1.165) is 0 Å². The highest BCUT2D eigenvalue weighted by Gasteiger charge is 2.10. The highest BCUT2D eigenvalue weighted by Crippen LogP contribution is 2.16. The summed E-state index contributed by atoms with van der Waals surface area (Å²) in [5, 5.41) is 11.0. The van der Waals surface area contributed by atoms with Gasteiger partial charge in [-0.3, -0.25) is 19.5 Å². The van der Waals surface area contributed by atoms with E-state index in [2.05, 4.69) is 4.98 Å². The molecule has 3 aromatic rings. The van der Waals surface area contributed by atoms with Crippen molar-refractivity contribution >= 4 is 16.6 Å². The Balaban J connectivity index is 1.69. The van der Waals surface area contributed by atoms with E-state index >= 15 is 0 Å². The number of rotatable bonds is 6. The number of fused-ring (bicyclic) bond motifs is 1. The predicted octanol–water partition coefficient (Wildman–Crippen LogP) is 2.91. The summed E-state index contributed by atoms with van der Waals surface area (Å²) >= 11 is 0. The van der Waals surface area contributed by atoms with Crippen LogP contribution >= 0.6 is 0 Å². The van der Waals surface area contributed by atoms with Gasteiger partial charge in [0, 0.05) is 18.7 Å². The number of halogens is 1. The third-order valence-electron chi connectivity index (χ3n) is 3.64. The molecule has 7 nitrogen and oxygen atoms in total. The number of aryl methyl sites for hydroxylation is 1. The zero-order valence-electron chi connectivity index (χ0n) is 13.1. The highest BCUT2D eigenvalue weighted by atomic mass is 19.1. The van der Waals surface area contributed by atoms with Gasteiger partial charge in [0.05, 0.1) is 28.8 Å². The molecular formula is C17H14FN3O4. The predicted molar refractivity (Wildman–Crippen MR) is 89.2 cm³/mol. The summed E-state index contributed by atoms with van der Waals surface area (Å²) in [7, 11) is 0. The summed E-state index contributed by atoms with van der Waals surface area (Å²) in [6.07, 6.45) is 1.94. The molecule has 1 heterocycles. The van der Waals surface area contributed by atoms with Crippen LogP contribution in [0, 0.1) is 15.9 Å². The van der Waals surface area contributed by atoms with E-state index in [-0.39, 0.29) is 22.5 Å². The molecular weight excluding hydrogens is 329 g/mol. The van der Waals surface area contributed by atoms with Crippen molar-refractivity contribution in [3.63, 3.8) is 0 Å². The highest BCUT2D eigenvalue weighted by molar-refractivity contribution is 5.79. The molecule has 0 bridgehead atoms. The molecule has 1 aromatic heterocycles. The number of benzene rings is 2. The van der Waals surface area contributed by atoms with Crippen molar-refractivity contribution in [2.45, 2.75) is 13.0 Å². The summed E-state index contributed by atoms with van der Waals surface area (Å²) in [6, 6.07) is 9.67. The van der Waals surface area contributed by atoms with Gasteiger partial charge in [0.2, 0.25) is 0 Å². The van der Waals surface area contributed by atoms with Gasteiger partial charge in [-0.1, -0.05) is 0 Å². The zero-order chi connectivity index (χ0) is 17.8. The van der Waals surface area contributed by atoms with Crippen molar-refractivity contribution < 1.29 is 14.1 Å². The van der Waals surface area contributed by atoms with Gasteiger partial charge in [0.25, 0.3) is 11.2 Å². The Morgan fingerprint density at radius 2 is 1.96 bits per heavy atom. The fourth-order valence-electron chi connectivity index (χ4n) is 2.38. The minimum atomic E-state index is -0.549. The normalized spacial score (nSPS) is 10.8. The maximum Gasteiger partial charge on any atom is 0.270 e. The second-order valence-electron chi connectivity index (χ2n) is 5.36. The summed E-state index contributed by atoms with van der Waals surface area (Å²) < 4.78 is 19.7. The molecule has 0 aliphatic carbocycles. The van der Waals surface area contributed by atoms with Crippen LogP contribution in [0.1, 0.15) is 6.42 Å². The molecule has 2 aromatic carbocycles. The second kappa shape index (κ2) is 7.08. The van der Waals surface area contributed by atoms with Crippen LogP contribution in [0.2, 0.25) is 0 Å². The molecule has 0 fully saturated rings. The van der Waals surface area contributed by atoms with Crippen LogP contribution in [0.3, 0.4) is 0 Å². The summed E-state index contributed by atoms with van der Waals surface area (Å²) in [4.78, 5) is 26.9. The standard InChI is InChI=1S/C17H14FN3O4/c18-12-2-5-14(6-3-12)25-9-1-8-20-11-19-16-7-4-13(21(23)24)10-15(16)17(20)22/h2-7,10-11H,1,8-9H2. The van der Waals surface area contributed by atoms with Crippen molar-refractivity contribution in [2.75, 3.05) is 6.61 Å². The number of hydrogen-bond donors (Lipinski definition) is 0. The van der Waals surface area contributed by atoms with Crippen LogP contribution in [0.5, 0.6) is 5.75 Å². The van der Waals surface area contributed by atoms with Gasteiger partial charge in [-0.2, -0.15) is 0 Å². The molecule has 25 heavy (non-hydrogen) atoms. The van der Waals surface area contributed by atoms with E-state index in [1.807, 2.05) is 0 Å². The minimum absolute atomic E-state index is 0.149. The first-order valence-corrected chi connectivity index (χ1v) is 7.56. The molecule has 3 rings (SSSR count). The lowest BCUT2D eigenvalue weighted by Gasteiger charge is -2.08. The van der Waals surface area contributed by atoms with Crippen molar-refractivity contribution in [3.05, 3.63) is 75.1 Å². The summed E-state index contributed by atoms with van der Waals surface area (Å²) in [5.74, 6) is 0.205. The summed E-state index contributed by atoms with van der Waals surface area (Å²) in [6.45, 7) is 0.691. The van der Waals surface area contributed by atoms with E-state index in [0.29, 0.717) is 30.8 Å². The number of nitro benzene ring substituents is 1. The van der Waals surface area contributed by atoms with Crippen LogP contribution < -0.4 is 10.3 Å². The number of hydrogen-bond acceptors (Lipinski definition) is 5. The Hall–Kier alpha value is -3.29. The molecule has 0 atom stereocenters. The quantitative estimate of drug-likeness (QED) is 0.390.